The van der Waals surface area contributed by atoms with Gasteiger partial charge in [0.15, 0.2) is 0 Å². The topological polar surface area (TPSA) is 252 Å². The summed E-state index contributed by atoms with van der Waals surface area (Å²) in [6.07, 6.45) is 11.6. The predicted molar refractivity (Wildman–Crippen MR) is 209 cm³/mol. The number of terminal acetylenes is 1. The maximum Gasteiger partial charge on any atom is 0.303 e. The van der Waals surface area contributed by atoms with Crippen molar-refractivity contribution in [1.82, 2.24) is 54.7 Å². The molecule has 5 N–H and O–H groups in total. The number of unbranched alkanes of at least 4 members (excludes halogenated alkanes) is 1. The predicted octanol–water partition coefficient (Wildman–Crippen LogP) is -5.01. The number of aliphatic carboxylic acids is 1. The van der Waals surface area contributed by atoms with Crippen LogP contribution in [0, 0.1) is 12.3 Å². The standard InChI is InChI=1S/C36H55N15O7.ClH/c1-3-19-56-21-23-58-24-22-57-20-10-38-34-39-35(48-15-11-46(12-16-48)31(52)27-50-25-29(42-44-50)6-4-5-9-37)41-36(40-34)49-17-13-47(14-18-49)33(55)28(2)51-26-30(43-45-51)7-8-32(53)54;/h1,25-26,28H,4-24,27,37H2,2H3,(H,53,54)(H,38,39,40,41);1H. The molecule has 3 aromatic rings. The van der Waals surface area contributed by atoms with Crippen molar-refractivity contribution in [2.45, 2.75) is 51.6 Å². The Morgan fingerprint density at radius 1 is 0.831 bits per heavy atom. The number of amides is 2. The van der Waals surface area contributed by atoms with Gasteiger partial charge in [-0.15, -0.1) is 16.6 Å². The zero-order valence-electron chi connectivity index (χ0n) is 33.7. The first-order valence-electron chi connectivity index (χ1n) is 19.8. The molecular formula is C36H56ClN15O7. The van der Waals surface area contributed by atoms with Crippen molar-refractivity contribution in [1.29, 1.82) is 0 Å². The first kappa shape index (κ1) is 46.5. The Balaban J connectivity index is 0.00000769. The average Bonchev–Trinajstić information content (AvgIpc) is 3.91. The van der Waals surface area contributed by atoms with Gasteiger partial charge in [-0.05, 0) is 26.2 Å². The van der Waals surface area contributed by atoms with E-state index in [9.17, 15) is 14.4 Å². The number of carbonyl (C=O) groups is 3. The highest BCUT2D eigenvalue weighted by molar-refractivity contribution is 5.80. The molecule has 3 aromatic heterocycles. The number of carboxylic acid groups (broad SMARTS) is 1. The Labute approximate surface area is 349 Å². The Morgan fingerprint density at radius 3 is 2.08 bits per heavy atom. The first-order valence-corrected chi connectivity index (χ1v) is 19.8. The van der Waals surface area contributed by atoms with Crippen molar-refractivity contribution in [3.63, 3.8) is 0 Å². The van der Waals surface area contributed by atoms with E-state index in [1.54, 1.807) is 22.7 Å². The van der Waals surface area contributed by atoms with Gasteiger partial charge >= 0.3 is 5.97 Å². The van der Waals surface area contributed by atoms with Gasteiger partial charge < -0.3 is 62.4 Å². The average molecular weight is 846 g/mol. The molecule has 0 aromatic carbocycles. The number of rotatable bonds is 24. The van der Waals surface area contributed by atoms with Gasteiger partial charge in [-0.1, -0.05) is 16.3 Å². The van der Waals surface area contributed by atoms with E-state index in [2.05, 4.69) is 37.6 Å². The highest BCUT2D eigenvalue weighted by Crippen LogP contribution is 2.21. The lowest BCUT2D eigenvalue weighted by Gasteiger charge is -2.37. The fourth-order valence-corrected chi connectivity index (χ4v) is 6.29. The molecule has 23 heteroatoms. The summed E-state index contributed by atoms with van der Waals surface area (Å²) in [5.41, 5.74) is 5.27. The van der Waals surface area contributed by atoms with E-state index in [0.29, 0.717) is 115 Å². The Kier molecular flexibility index (Phi) is 19.4. The van der Waals surface area contributed by atoms with Gasteiger partial charge in [0, 0.05) is 77.7 Å². The summed E-state index contributed by atoms with van der Waals surface area (Å²) in [5, 5.41) is 28.7. The summed E-state index contributed by atoms with van der Waals surface area (Å²) < 4.78 is 19.5. The van der Waals surface area contributed by atoms with Crippen molar-refractivity contribution in [3.8, 4) is 12.3 Å². The minimum absolute atomic E-state index is 0. The fourth-order valence-electron chi connectivity index (χ4n) is 6.29. The highest BCUT2D eigenvalue weighted by atomic mass is 35.5. The summed E-state index contributed by atoms with van der Waals surface area (Å²) in [7, 11) is 0. The van der Waals surface area contributed by atoms with Crippen molar-refractivity contribution < 1.29 is 51.8 Å². The Morgan fingerprint density at radius 2 is 1.44 bits per heavy atom. The van der Waals surface area contributed by atoms with Gasteiger partial charge in [0.1, 0.15) is 19.2 Å². The molecule has 2 amide bonds. The zero-order chi connectivity index (χ0) is 41.1. The van der Waals surface area contributed by atoms with E-state index in [-0.39, 0.29) is 50.2 Å². The van der Waals surface area contributed by atoms with E-state index in [4.69, 9.17) is 40.7 Å². The molecule has 0 bridgehead atoms. The van der Waals surface area contributed by atoms with Crippen LogP contribution in [0.5, 0.6) is 0 Å². The van der Waals surface area contributed by atoms with E-state index in [1.165, 1.54) is 4.68 Å². The number of aryl methyl sites for hydroxylation is 2. The number of halogens is 1. The molecule has 1 atom stereocenters. The number of piperazine rings is 2. The molecular weight excluding hydrogens is 790 g/mol. The van der Waals surface area contributed by atoms with Crippen LogP contribution >= 0.6 is 0 Å². The quantitative estimate of drug-likeness (QED) is 0.0564. The number of aromatic nitrogens is 9. The Bertz CT molecular complexity index is 1790. The van der Waals surface area contributed by atoms with Crippen LogP contribution in [0.2, 0.25) is 0 Å². The number of carboxylic acids is 1. The molecule has 5 rings (SSSR count). The number of nitrogens with one attached hydrogen (secondary N) is 1. The minimum atomic E-state index is -0.921. The summed E-state index contributed by atoms with van der Waals surface area (Å²) in [6, 6.07) is -0.605. The molecule has 2 aliphatic rings. The van der Waals surface area contributed by atoms with Crippen LogP contribution in [0.3, 0.4) is 0 Å². The number of anilines is 3. The third-order valence-corrected chi connectivity index (χ3v) is 9.58. The van der Waals surface area contributed by atoms with Crippen LogP contribution in [-0.4, -0.2) is 183 Å². The molecule has 0 radical (unpaired) electrons. The van der Waals surface area contributed by atoms with E-state index >= 15 is 0 Å². The van der Waals surface area contributed by atoms with Gasteiger partial charge in [-0.2, -0.15) is 15.0 Å². The van der Waals surface area contributed by atoms with Crippen molar-refractivity contribution in [3.05, 3.63) is 23.8 Å². The van der Waals surface area contributed by atoms with Crippen molar-refractivity contribution >= 4 is 35.6 Å². The van der Waals surface area contributed by atoms with E-state index in [0.717, 1.165) is 31.5 Å². The molecule has 0 saturated carbocycles. The van der Waals surface area contributed by atoms with E-state index in [1.807, 2.05) is 20.9 Å². The number of nitrogens with zero attached hydrogens (tertiary/aromatic N) is 13. The van der Waals surface area contributed by atoms with Crippen LogP contribution in [0.15, 0.2) is 12.4 Å². The van der Waals surface area contributed by atoms with Gasteiger partial charge in [0.05, 0.1) is 57.4 Å². The molecule has 22 nitrogen and oxygen atoms in total. The Hall–Kier alpha value is -5.21. The minimum Gasteiger partial charge on any atom is -1.00 e. The molecule has 1 unspecified atom stereocenters. The lowest BCUT2D eigenvalue weighted by molar-refractivity contribution is -0.368. The molecule has 324 valence electrons. The number of ether oxygens (including phenoxy) is 3. The molecule has 5 heterocycles. The molecule has 59 heavy (non-hydrogen) atoms. The maximum atomic E-state index is 13.4. The smallest absolute Gasteiger partial charge is 0.303 e. The van der Waals surface area contributed by atoms with Gasteiger partial charge in [0.2, 0.25) is 29.7 Å². The molecule has 0 aliphatic carbocycles. The van der Waals surface area contributed by atoms with E-state index < -0.39 is 12.0 Å². The number of hydrogen-bond acceptors (Lipinski definition) is 16. The second kappa shape index (κ2) is 24.7. The van der Waals surface area contributed by atoms with Crippen LogP contribution in [0.25, 0.3) is 0 Å². The van der Waals surface area contributed by atoms with Gasteiger partial charge in [-0.25, -0.2) is 9.36 Å². The second-order valence-electron chi connectivity index (χ2n) is 13.8. The monoisotopic (exact) mass is 845 g/mol. The van der Waals surface area contributed by atoms with Crippen molar-refractivity contribution in [2.24, 2.45) is 0 Å². The molecule has 2 aliphatic heterocycles. The number of hydrogen-bond donors (Lipinski definition) is 3. The highest BCUT2D eigenvalue weighted by Gasteiger charge is 2.29. The number of quaternary nitrogens is 1. The SMILES string of the molecule is C#CCOCCOCCOCCNc1nc(N2CCN(C(=O)Cn3cc(CCCC[NH3+])nn3)CC2)nc(N2CCN(C(=O)C(C)n3cc(CCC(=O)O)nn3)CC2)n1.[Cl-]. The van der Waals surface area contributed by atoms with Crippen LogP contribution in [0.1, 0.15) is 43.6 Å². The van der Waals surface area contributed by atoms with Gasteiger partial charge in [-0.3, -0.25) is 14.4 Å². The lowest BCUT2D eigenvalue weighted by Crippen LogP contribution is -3.00. The summed E-state index contributed by atoms with van der Waals surface area (Å²) >= 11 is 0. The fraction of sp³-hybridized carbons (Fsp3) is 0.667. The van der Waals surface area contributed by atoms with Crippen molar-refractivity contribution in [2.75, 3.05) is 120 Å². The molecule has 2 saturated heterocycles. The van der Waals surface area contributed by atoms with Crippen LogP contribution < -0.4 is 33.3 Å². The zero-order valence-corrected chi connectivity index (χ0v) is 34.4. The maximum absolute atomic E-state index is 13.4. The lowest BCUT2D eigenvalue weighted by atomic mass is 10.2. The summed E-state index contributed by atoms with van der Waals surface area (Å²) in [4.78, 5) is 59.6. The van der Waals surface area contributed by atoms with Gasteiger partial charge in [0.25, 0.3) is 0 Å². The normalized spacial score (nSPS) is 14.8. The second-order valence-corrected chi connectivity index (χ2v) is 13.8. The summed E-state index contributed by atoms with van der Waals surface area (Å²) in [5.74, 6) is 2.70. The first-order chi connectivity index (χ1) is 28.2. The van der Waals surface area contributed by atoms with Crippen LogP contribution in [0.4, 0.5) is 17.8 Å². The molecule has 2 fully saturated rings. The largest absolute Gasteiger partial charge is 1.00 e. The number of carbonyl (C=O) groups excluding carboxylic acids is 2. The third kappa shape index (κ3) is 14.8. The third-order valence-electron chi connectivity index (χ3n) is 9.58. The van der Waals surface area contributed by atoms with Crippen LogP contribution in [-0.2, 0) is 48.0 Å². The molecule has 0 spiro atoms. The summed E-state index contributed by atoms with van der Waals surface area (Å²) in [6.45, 7) is 9.42.